The SMILES string of the molecule is [B]c1c([B])c([B])c(-c2c3ccccc3c(-c3ccc(-c4ccc5oc6ccccc6c5c4-c4ccc(-c5ccccc5)cc4)cc3)c3ccccc23)c([B])c1[B]. The van der Waals surface area contributed by atoms with Crippen molar-refractivity contribution in [2.75, 3.05) is 0 Å². The minimum absolute atomic E-state index is 0.196. The maximum absolute atomic E-state index is 6.69. The molecule has 0 aliphatic carbocycles. The number of para-hydroxylation sites is 1. The zero-order valence-corrected chi connectivity index (χ0v) is 30.4. The van der Waals surface area contributed by atoms with Gasteiger partial charge in [0.15, 0.2) is 0 Å². The Hall–Kier alpha value is -6.38. The first-order chi connectivity index (χ1) is 27.4. The second-order valence-electron chi connectivity index (χ2n) is 14.3. The largest absolute Gasteiger partial charge is 0.456 e. The van der Waals surface area contributed by atoms with Crippen LogP contribution in [0, 0.1) is 0 Å². The average molecular weight is 698 g/mol. The molecule has 0 spiro atoms. The van der Waals surface area contributed by atoms with Gasteiger partial charge in [0.2, 0.25) is 0 Å². The standard InChI is InChI=1S/C50H27B5O/c51-46-45(47(52)49(54)50(55)48(46)53)43-36-14-6-4-12-34(36)41(35-13-5-7-15-37(35)43)31-24-20-30(21-25-31)33-26-27-40-44(38-16-8-9-17-39(38)56-40)42(33)32-22-18-29(19-23-32)28-10-2-1-3-11-28/h1-27H. The molecular formula is C50H27B5O. The third-order valence-electron chi connectivity index (χ3n) is 11.2. The third-order valence-corrected chi connectivity index (χ3v) is 11.2. The maximum atomic E-state index is 6.69. The first-order valence-corrected chi connectivity index (χ1v) is 18.5. The molecule has 0 N–H and O–H groups in total. The lowest BCUT2D eigenvalue weighted by Crippen LogP contribution is -2.55. The Kier molecular flexibility index (Phi) is 8.19. The van der Waals surface area contributed by atoms with Gasteiger partial charge in [0, 0.05) is 16.3 Å². The molecule has 0 saturated carbocycles. The van der Waals surface area contributed by atoms with Crippen LogP contribution in [-0.4, -0.2) is 39.2 Å². The van der Waals surface area contributed by atoms with Gasteiger partial charge in [0.05, 0.1) is 0 Å². The van der Waals surface area contributed by atoms with Crippen LogP contribution in [0.1, 0.15) is 0 Å². The molecule has 56 heavy (non-hydrogen) atoms. The number of fused-ring (bicyclic) bond motifs is 5. The topological polar surface area (TPSA) is 13.1 Å². The Morgan fingerprint density at radius 3 is 1.29 bits per heavy atom. The van der Waals surface area contributed by atoms with Crippen molar-refractivity contribution in [2.24, 2.45) is 0 Å². The molecule has 6 heteroatoms. The summed E-state index contributed by atoms with van der Waals surface area (Å²) in [6.45, 7) is 0. The van der Waals surface area contributed by atoms with E-state index >= 15 is 0 Å². The van der Waals surface area contributed by atoms with Crippen LogP contribution < -0.4 is 27.3 Å². The Bertz CT molecular complexity index is 3080. The lowest BCUT2D eigenvalue weighted by Gasteiger charge is -2.25. The van der Waals surface area contributed by atoms with Crippen LogP contribution >= 0.6 is 0 Å². The molecule has 9 aromatic carbocycles. The van der Waals surface area contributed by atoms with Gasteiger partial charge in [0.1, 0.15) is 50.4 Å². The van der Waals surface area contributed by atoms with Crippen LogP contribution in [0.15, 0.2) is 168 Å². The Balaban J connectivity index is 1.17. The smallest absolute Gasteiger partial charge is 0.136 e. The summed E-state index contributed by atoms with van der Waals surface area (Å²) in [7, 11) is 32.4. The molecule has 0 aliphatic rings. The number of hydrogen-bond acceptors (Lipinski definition) is 1. The van der Waals surface area contributed by atoms with Gasteiger partial charge in [-0.25, -0.2) is 0 Å². The highest BCUT2D eigenvalue weighted by Gasteiger charge is 2.22. The summed E-state index contributed by atoms with van der Waals surface area (Å²) in [5, 5.41) is 6.24. The van der Waals surface area contributed by atoms with Gasteiger partial charge in [-0.3, -0.25) is 0 Å². The van der Waals surface area contributed by atoms with E-state index in [1.807, 2.05) is 30.3 Å². The van der Waals surface area contributed by atoms with E-state index in [1.165, 1.54) is 11.1 Å². The molecule has 10 radical (unpaired) electrons. The molecule has 0 bridgehead atoms. The van der Waals surface area contributed by atoms with Crippen LogP contribution in [0.2, 0.25) is 0 Å². The van der Waals surface area contributed by atoms with Crippen molar-refractivity contribution in [2.45, 2.75) is 0 Å². The maximum Gasteiger partial charge on any atom is 0.136 e. The normalized spacial score (nSPS) is 11.6. The molecule has 1 heterocycles. The lowest BCUT2D eigenvalue weighted by atomic mass is 9.59. The highest BCUT2D eigenvalue weighted by Crippen LogP contribution is 2.46. The molecule has 248 valence electrons. The van der Waals surface area contributed by atoms with Crippen molar-refractivity contribution >= 4 is 110 Å². The zero-order valence-electron chi connectivity index (χ0n) is 30.4. The molecule has 10 aromatic rings. The summed E-state index contributed by atoms with van der Waals surface area (Å²) in [4.78, 5) is 0. The quantitative estimate of drug-likeness (QED) is 0.131. The van der Waals surface area contributed by atoms with Crippen LogP contribution in [0.25, 0.3) is 99.1 Å². The summed E-state index contributed by atoms with van der Waals surface area (Å²) >= 11 is 0. The predicted octanol–water partition coefficient (Wildman–Crippen LogP) is 8.20. The minimum Gasteiger partial charge on any atom is -0.456 e. The average Bonchev–Trinajstić information content (AvgIpc) is 3.64. The van der Waals surface area contributed by atoms with Gasteiger partial charge in [-0.2, -0.15) is 0 Å². The number of hydrogen-bond donors (Lipinski definition) is 0. The summed E-state index contributed by atoms with van der Waals surface area (Å²) in [6, 6.07) is 57.3. The van der Waals surface area contributed by atoms with E-state index in [2.05, 4.69) is 133 Å². The monoisotopic (exact) mass is 698 g/mol. The van der Waals surface area contributed by atoms with Crippen molar-refractivity contribution in [3.8, 4) is 55.6 Å². The number of rotatable bonds is 5. The molecule has 0 atom stereocenters. The molecular weight excluding hydrogens is 671 g/mol. The molecule has 0 fully saturated rings. The fourth-order valence-corrected chi connectivity index (χ4v) is 8.46. The summed E-state index contributed by atoms with van der Waals surface area (Å²) < 4.78 is 6.40. The van der Waals surface area contributed by atoms with E-state index in [1.54, 1.807) is 0 Å². The summed E-state index contributed by atoms with van der Waals surface area (Å²) in [5.74, 6) is 0. The van der Waals surface area contributed by atoms with E-state index < -0.39 is 0 Å². The molecule has 0 unspecified atom stereocenters. The zero-order chi connectivity index (χ0) is 38.1. The molecule has 10 rings (SSSR count). The van der Waals surface area contributed by atoms with Gasteiger partial charge in [-0.05, 0) is 83.7 Å². The predicted molar refractivity (Wildman–Crippen MR) is 243 cm³/mol. The van der Waals surface area contributed by atoms with E-state index in [0.29, 0.717) is 16.5 Å². The minimum atomic E-state index is 0.196. The van der Waals surface area contributed by atoms with Gasteiger partial charge in [-0.15, -0.1) is 16.4 Å². The second kappa shape index (κ2) is 13.4. The number of furan rings is 1. The van der Waals surface area contributed by atoms with Crippen LogP contribution in [-0.2, 0) is 0 Å². The van der Waals surface area contributed by atoms with Crippen LogP contribution in [0.4, 0.5) is 0 Å². The van der Waals surface area contributed by atoms with E-state index in [4.69, 9.17) is 43.6 Å². The fraction of sp³-hybridized carbons (Fsp3) is 0. The van der Waals surface area contributed by atoms with E-state index in [0.717, 1.165) is 82.4 Å². The lowest BCUT2D eigenvalue weighted by molar-refractivity contribution is 0.669. The second-order valence-corrected chi connectivity index (χ2v) is 14.3. The first kappa shape index (κ1) is 34.1. The van der Waals surface area contributed by atoms with E-state index in [9.17, 15) is 0 Å². The van der Waals surface area contributed by atoms with Gasteiger partial charge in [-0.1, -0.05) is 163 Å². The molecule has 0 amide bonds. The number of benzene rings is 9. The molecule has 1 nitrogen and oxygen atoms in total. The molecule has 0 saturated heterocycles. The Morgan fingerprint density at radius 2 is 0.696 bits per heavy atom. The van der Waals surface area contributed by atoms with E-state index in [-0.39, 0.29) is 16.4 Å². The highest BCUT2D eigenvalue weighted by atomic mass is 16.3. The summed E-state index contributed by atoms with van der Waals surface area (Å²) in [5.41, 5.74) is 13.5. The van der Waals surface area contributed by atoms with Crippen molar-refractivity contribution in [1.82, 2.24) is 0 Å². The van der Waals surface area contributed by atoms with Crippen molar-refractivity contribution in [1.29, 1.82) is 0 Å². The highest BCUT2D eigenvalue weighted by molar-refractivity contribution is 6.69. The van der Waals surface area contributed by atoms with Gasteiger partial charge < -0.3 is 4.42 Å². The van der Waals surface area contributed by atoms with Crippen molar-refractivity contribution < 1.29 is 4.42 Å². The van der Waals surface area contributed by atoms with Crippen molar-refractivity contribution in [3.63, 3.8) is 0 Å². The van der Waals surface area contributed by atoms with Crippen molar-refractivity contribution in [3.05, 3.63) is 164 Å². The molecule has 1 aromatic heterocycles. The van der Waals surface area contributed by atoms with Gasteiger partial charge in [0.25, 0.3) is 0 Å². The van der Waals surface area contributed by atoms with Crippen LogP contribution in [0.5, 0.6) is 0 Å². The summed E-state index contributed by atoms with van der Waals surface area (Å²) in [6.07, 6.45) is 0. The Labute approximate surface area is 332 Å². The molecule has 0 aliphatic heterocycles. The fourth-order valence-electron chi connectivity index (χ4n) is 8.46. The third kappa shape index (κ3) is 5.31. The van der Waals surface area contributed by atoms with Crippen LogP contribution in [0.3, 0.4) is 0 Å². The van der Waals surface area contributed by atoms with Gasteiger partial charge >= 0.3 is 0 Å². The first-order valence-electron chi connectivity index (χ1n) is 18.5. The Morgan fingerprint density at radius 1 is 0.268 bits per heavy atom.